The van der Waals surface area contributed by atoms with Crippen molar-refractivity contribution < 1.29 is 14.3 Å². The zero-order valence-electron chi connectivity index (χ0n) is 20.6. The van der Waals surface area contributed by atoms with Gasteiger partial charge in [0.15, 0.2) is 11.0 Å². The molecule has 0 saturated heterocycles. The molecule has 0 aliphatic heterocycles. The summed E-state index contributed by atoms with van der Waals surface area (Å²) in [6, 6.07) is 13.8. The van der Waals surface area contributed by atoms with Gasteiger partial charge in [-0.3, -0.25) is 9.36 Å². The lowest BCUT2D eigenvalue weighted by atomic mass is 9.97. The van der Waals surface area contributed by atoms with Crippen LogP contribution < -0.4 is 5.32 Å². The van der Waals surface area contributed by atoms with Crippen LogP contribution in [0.25, 0.3) is 22.5 Å². The predicted molar refractivity (Wildman–Crippen MR) is 153 cm³/mol. The number of carbonyl (C=O) groups excluding carboxylic acids is 2. The number of esters is 1. The number of amides is 1. The minimum Gasteiger partial charge on any atom is -0.465 e. The Morgan fingerprint density at radius 3 is 2.62 bits per heavy atom. The summed E-state index contributed by atoms with van der Waals surface area (Å²) < 4.78 is 7.94. The molecule has 0 aliphatic rings. The molecular formula is C27H25BrN4O3S2. The molecule has 0 fully saturated rings. The van der Waals surface area contributed by atoms with Crippen LogP contribution >= 0.6 is 39.0 Å². The second kappa shape index (κ2) is 11.9. The predicted octanol–water partition coefficient (Wildman–Crippen LogP) is 6.76. The number of aromatic nitrogens is 3. The van der Waals surface area contributed by atoms with Gasteiger partial charge in [0, 0.05) is 27.5 Å². The number of hydrogen-bond acceptors (Lipinski definition) is 7. The van der Waals surface area contributed by atoms with E-state index in [9.17, 15) is 9.59 Å². The third-order valence-electron chi connectivity index (χ3n) is 5.58. The van der Waals surface area contributed by atoms with Gasteiger partial charge in [-0.1, -0.05) is 69.7 Å². The van der Waals surface area contributed by atoms with E-state index in [1.165, 1.54) is 30.2 Å². The molecule has 0 aliphatic carbocycles. The summed E-state index contributed by atoms with van der Waals surface area (Å²) >= 11 is 6.01. The van der Waals surface area contributed by atoms with Crippen LogP contribution in [0, 0.1) is 13.8 Å². The van der Waals surface area contributed by atoms with Gasteiger partial charge in [0.1, 0.15) is 10.6 Å². The standard InChI is InChI=1S/C27H25BrN4O3S2/c1-5-12-32-24(18-8-10-19(28)11-9-18)30-31-27(32)37-15-22(33)29-25-23(26(34)35-4)21(14-36-25)20-13-16(2)6-7-17(20)3/h5-11,13-14H,1,12,15H2,2-4H3,(H,29,33). The van der Waals surface area contributed by atoms with Gasteiger partial charge in [-0.15, -0.1) is 28.1 Å². The zero-order valence-corrected chi connectivity index (χ0v) is 23.8. The molecule has 7 nitrogen and oxygen atoms in total. The molecule has 0 unspecified atom stereocenters. The molecule has 2 aromatic carbocycles. The molecule has 0 atom stereocenters. The number of halogens is 1. The van der Waals surface area contributed by atoms with Gasteiger partial charge in [0.2, 0.25) is 5.91 Å². The van der Waals surface area contributed by atoms with Crippen molar-refractivity contribution in [3.8, 4) is 22.5 Å². The van der Waals surface area contributed by atoms with Crippen molar-refractivity contribution in [1.82, 2.24) is 14.8 Å². The molecule has 1 amide bonds. The van der Waals surface area contributed by atoms with E-state index in [4.69, 9.17) is 4.74 Å². The highest BCUT2D eigenvalue weighted by molar-refractivity contribution is 9.10. The van der Waals surface area contributed by atoms with Gasteiger partial charge in [-0.2, -0.15) is 0 Å². The topological polar surface area (TPSA) is 86.1 Å². The molecule has 1 N–H and O–H groups in total. The molecule has 37 heavy (non-hydrogen) atoms. The van der Waals surface area contributed by atoms with Crippen molar-refractivity contribution in [2.24, 2.45) is 0 Å². The number of aryl methyl sites for hydroxylation is 2. The molecule has 0 saturated carbocycles. The lowest BCUT2D eigenvalue weighted by molar-refractivity contribution is -0.113. The number of thiophene rings is 1. The highest BCUT2D eigenvalue weighted by Crippen LogP contribution is 2.38. The summed E-state index contributed by atoms with van der Waals surface area (Å²) in [6.45, 7) is 8.32. The molecule has 4 rings (SSSR count). The molecular weight excluding hydrogens is 572 g/mol. The van der Waals surface area contributed by atoms with Gasteiger partial charge in [0.05, 0.1) is 12.9 Å². The highest BCUT2D eigenvalue weighted by Gasteiger charge is 2.24. The minimum absolute atomic E-state index is 0.0902. The van der Waals surface area contributed by atoms with E-state index in [2.05, 4.69) is 38.0 Å². The van der Waals surface area contributed by atoms with Crippen LogP contribution in [0.5, 0.6) is 0 Å². The maximum atomic E-state index is 12.9. The summed E-state index contributed by atoms with van der Waals surface area (Å²) in [5.41, 5.74) is 5.05. The Balaban J connectivity index is 1.54. The Morgan fingerprint density at radius 1 is 1.16 bits per heavy atom. The SMILES string of the molecule is C=CCn1c(SCC(=O)Nc2scc(-c3cc(C)ccc3C)c2C(=O)OC)nnc1-c1ccc(Br)cc1. The van der Waals surface area contributed by atoms with Crippen LogP contribution in [0.1, 0.15) is 21.5 Å². The number of methoxy groups -OCH3 is 1. The van der Waals surface area contributed by atoms with Crippen molar-refractivity contribution in [2.45, 2.75) is 25.5 Å². The van der Waals surface area contributed by atoms with E-state index in [-0.39, 0.29) is 11.7 Å². The fourth-order valence-corrected chi connectivity index (χ4v) is 5.75. The largest absolute Gasteiger partial charge is 0.465 e. The maximum Gasteiger partial charge on any atom is 0.341 e. The van der Waals surface area contributed by atoms with Crippen LogP contribution in [0.4, 0.5) is 5.00 Å². The molecule has 0 bridgehead atoms. The van der Waals surface area contributed by atoms with Crippen molar-refractivity contribution in [1.29, 1.82) is 0 Å². The summed E-state index contributed by atoms with van der Waals surface area (Å²) in [5.74, 6) is 0.0278. The summed E-state index contributed by atoms with van der Waals surface area (Å²) in [6.07, 6.45) is 1.76. The number of benzene rings is 2. The van der Waals surface area contributed by atoms with Gasteiger partial charge >= 0.3 is 5.97 Å². The highest BCUT2D eigenvalue weighted by atomic mass is 79.9. The average Bonchev–Trinajstić information content (AvgIpc) is 3.48. The van der Waals surface area contributed by atoms with Gasteiger partial charge in [0.25, 0.3) is 0 Å². The second-order valence-electron chi connectivity index (χ2n) is 8.21. The summed E-state index contributed by atoms with van der Waals surface area (Å²) in [5, 5.41) is 14.5. The Labute approximate surface area is 232 Å². The first-order valence-corrected chi connectivity index (χ1v) is 14.0. The number of rotatable bonds is 9. The maximum absolute atomic E-state index is 12.9. The first-order chi connectivity index (χ1) is 17.8. The van der Waals surface area contributed by atoms with Crippen molar-refractivity contribution >= 4 is 55.9 Å². The van der Waals surface area contributed by atoms with E-state index in [0.29, 0.717) is 28.1 Å². The molecule has 2 heterocycles. The number of nitrogens with zero attached hydrogens (tertiary/aromatic N) is 3. The zero-order chi connectivity index (χ0) is 26.5. The summed E-state index contributed by atoms with van der Waals surface area (Å²) in [7, 11) is 1.34. The summed E-state index contributed by atoms with van der Waals surface area (Å²) in [4.78, 5) is 25.7. The molecule has 190 valence electrons. The quantitative estimate of drug-likeness (QED) is 0.130. The van der Waals surface area contributed by atoms with Gasteiger partial charge in [-0.05, 0) is 37.1 Å². The molecule has 4 aromatic rings. The lowest BCUT2D eigenvalue weighted by Gasteiger charge is -2.10. The van der Waals surface area contributed by atoms with Crippen LogP contribution in [-0.4, -0.2) is 39.5 Å². The molecule has 0 spiro atoms. The second-order valence-corrected chi connectivity index (χ2v) is 11.0. The van der Waals surface area contributed by atoms with Crippen molar-refractivity contribution in [2.75, 3.05) is 18.2 Å². The Bertz CT molecular complexity index is 1460. The lowest BCUT2D eigenvalue weighted by Crippen LogP contribution is -2.16. The molecule has 2 aromatic heterocycles. The number of ether oxygens (including phenoxy) is 1. The van der Waals surface area contributed by atoms with E-state index < -0.39 is 5.97 Å². The third-order valence-corrected chi connectivity index (χ3v) is 7.97. The first kappa shape index (κ1) is 26.8. The monoisotopic (exact) mass is 596 g/mol. The van der Waals surface area contributed by atoms with Gasteiger partial charge in [-0.25, -0.2) is 4.79 Å². The van der Waals surface area contributed by atoms with Crippen LogP contribution in [0.15, 0.2) is 70.1 Å². The van der Waals surface area contributed by atoms with E-state index in [0.717, 1.165) is 32.3 Å². The minimum atomic E-state index is -0.495. The average molecular weight is 598 g/mol. The number of thioether (sulfide) groups is 1. The van der Waals surface area contributed by atoms with Crippen molar-refractivity contribution in [3.05, 3.63) is 81.7 Å². The Hall–Kier alpha value is -3.21. The van der Waals surface area contributed by atoms with Crippen LogP contribution in [-0.2, 0) is 16.1 Å². The molecule has 0 radical (unpaired) electrons. The Morgan fingerprint density at radius 2 is 1.92 bits per heavy atom. The van der Waals surface area contributed by atoms with Crippen molar-refractivity contribution in [3.63, 3.8) is 0 Å². The molecule has 10 heteroatoms. The number of nitrogens with one attached hydrogen (secondary N) is 1. The van der Waals surface area contributed by atoms with Crippen LogP contribution in [0.2, 0.25) is 0 Å². The number of carbonyl (C=O) groups is 2. The van der Waals surface area contributed by atoms with E-state index in [1.54, 1.807) is 6.08 Å². The van der Waals surface area contributed by atoms with E-state index in [1.807, 2.05) is 66.3 Å². The number of anilines is 1. The first-order valence-electron chi connectivity index (χ1n) is 11.3. The number of allylic oxidation sites excluding steroid dienone is 1. The smallest absolute Gasteiger partial charge is 0.341 e. The fourth-order valence-electron chi connectivity index (χ4n) is 3.77. The van der Waals surface area contributed by atoms with E-state index >= 15 is 0 Å². The Kier molecular flexibility index (Phi) is 8.63. The van der Waals surface area contributed by atoms with Crippen LogP contribution in [0.3, 0.4) is 0 Å². The normalized spacial score (nSPS) is 10.8. The number of hydrogen-bond donors (Lipinski definition) is 1. The fraction of sp³-hybridized carbons (Fsp3) is 0.185. The third kappa shape index (κ3) is 6.03. The van der Waals surface area contributed by atoms with Gasteiger partial charge < -0.3 is 10.1 Å².